The summed E-state index contributed by atoms with van der Waals surface area (Å²) in [5, 5.41) is 4.15. The SMILES string of the molecule is CC1CCCC(N)(c2noc(C(C)(C)C)n2)C1C. The van der Waals surface area contributed by atoms with Crippen LogP contribution in [0.4, 0.5) is 0 Å². The largest absolute Gasteiger partial charge is 0.339 e. The first-order valence-corrected chi connectivity index (χ1v) is 6.88. The van der Waals surface area contributed by atoms with Crippen molar-refractivity contribution < 1.29 is 4.52 Å². The molecule has 18 heavy (non-hydrogen) atoms. The normalized spacial score (nSPS) is 33.7. The Labute approximate surface area is 109 Å². The van der Waals surface area contributed by atoms with Gasteiger partial charge < -0.3 is 10.3 Å². The van der Waals surface area contributed by atoms with Crippen LogP contribution < -0.4 is 5.73 Å². The van der Waals surface area contributed by atoms with E-state index in [9.17, 15) is 0 Å². The van der Waals surface area contributed by atoms with E-state index in [-0.39, 0.29) is 5.41 Å². The predicted molar refractivity (Wildman–Crippen MR) is 71.0 cm³/mol. The van der Waals surface area contributed by atoms with Crippen molar-refractivity contribution in [1.29, 1.82) is 0 Å². The molecule has 2 N–H and O–H groups in total. The van der Waals surface area contributed by atoms with Crippen molar-refractivity contribution in [3.05, 3.63) is 11.7 Å². The van der Waals surface area contributed by atoms with E-state index < -0.39 is 5.54 Å². The summed E-state index contributed by atoms with van der Waals surface area (Å²) in [6.45, 7) is 10.7. The molecule has 0 bridgehead atoms. The quantitative estimate of drug-likeness (QED) is 0.833. The van der Waals surface area contributed by atoms with Crippen LogP contribution in [0.2, 0.25) is 0 Å². The fraction of sp³-hybridized carbons (Fsp3) is 0.857. The van der Waals surface area contributed by atoms with Crippen molar-refractivity contribution >= 4 is 0 Å². The smallest absolute Gasteiger partial charge is 0.232 e. The molecular weight excluding hydrogens is 226 g/mol. The Morgan fingerprint density at radius 3 is 2.56 bits per heavy atom. The zero-order chi connectivity index (χ0) is 13.6. The average Bonchev–Trinajstić information content (AvgIpc) is 2.75. The van der Waals surface area contributed by atoms with Crippen LogP contribution in [0.1, 0.15) is 65.6 Å². The number of nitrogens with two attached hydrogens (primary N) is 1. The van der Waals surface area contributed by atoms with E-state index in [0.29, 0.717) is 23.6 Å². The molecule has 2 rings (SSSR count). The van der Waals surface area contributed by atoms with Crippen molar-refractivity contribution in [2.45, 2.75) is 64.8 Å². The van der Waals surface area contributed by atoms with Crippen molar-refractivity contribution in [2.24, 2.45) is 17.6 Å². The molecule has 1 heterocycles. The summed E-state index contributed by atoms with van der Waals surface area (Å²) >= 11 is 0. The summed E-state index contributed by atoms with van der Waals surface area (Å²) in [6, 6.07) is 0. The van der Waals surface area contributed by atoms with Gasteiger partial charge in [0.1, 0.15) is 0 Å². The molecule has 1 saturated carbocycles. The van der Waals surface area contributed by atoms with E-state index in [4.69, 9.17) is 10.3 Å². The third-order valence-corrected chi connectivity index (χ3v) is 4.40. The minimum atomic E-state index is -0.426. The van der Waals surface area contributed by atoms with Crippen molar-refractivity contribution in [3.63, 3.8) is 0 Å². The standard InChI is InChI=1S/C14H25N3O/c1-9-7-6-8-14(15,10(9)2)11-16-12(18-17-11)13(3,4)5/h9-10H,6-8,15H2,1-5H3. The van der Waals surface area contributed by atoms with Gasteiger partial charge in [-0.1, -0.05) is 52.6 Å². The minimum Gasteiger partial charge on any atom is -0.339 e. The molecule has 0 aromatic carbocycles. The molecule has 3 unspecified atom stereocenters. The van der Waals surface area contributed by atoms with Crippen molar-refractivity contribution in [1.82, 2.24) is 10.1 Å². The highest BCUT2D eigenvalue weighted by atomic mass is 16.5. The average molecular weight is 251 g/mol. The van der Waals surface area contributed by atoms with Crippen LogP contribution in [-0.2, 0) is 11.0 Å². The Kier molecular flexibility index (Phi) is 3.26. The second-order valence-electron chi connectivity index (χ2n) is 6.87. The number of nitrogens with zero attached hydrogens (tertiary/aromatic N) is 2. The third kappa shape index (κ3) is 2.18. The Hall–Kier alpha value is -0.900. The molecular formula is C14H25N3O. The molecule has 1 aromatic heterocycles. The molecule has 0 radical (unpaired) electrons. The zero-order valence-corrected chi connectivity index (χ0v) is 12.2. The fourth-order valence-corrected chi connectivity index (χ4v) is 2.73. The van der Waals surface area contributed by atoms with Crippen LogP contribution in [-0.4, -0.2) is 10.1 Å². The second kappa shape index (κ2) is 4.34. The molecule has 0 amide bonds. The maximum Gasteiger partial charge on any atom is 0.232 e. The second-order valence-corrected chi connectivity index (χ2v) is 6.87. The van der Waals surface area contributed by atoms with E-state index in [0.717, 1.165) is 12.8 Å². The van der Waals surface area contributed by atoms with Crippen LogP contribution in [0.15, 0.2) is 4.52 Å². The van der Waals surface area contributed by atoms with Crippen LogP contribution in [0.5, 0.6) is 0 Å². The van der Waals surface area contributed by atoms with Crippen LogP contribution in [0.25, 0.3) is 0 Å². The van der Waals surface area contributed by atoms with Gasteiger partial charge in [-0.2, -0.15) is 4.98 Å². The lowest BCUT2D eigenvalue weighted by atomic mass is 9.68. The third-order valence-electron chi connectivity index (χ3n) is 4.40. The molecule has 1 aliphatic carbocycles. The van der Waals surface area contributed by atoms with Crippen LogP contribution in [0, 0.1) is 11.8 Å². The van der Waals surface area contributed by atoms with Gasteiger partial charge in [-0.15, -0.1) is 0 Å². The lowest BCUT2D eigenvalue weighted by Crippen LogP contribution is -2.49. The Balaban J connectivity index is 2.32. The summed E-state index contributed by atoms with van der Waals surface area (Å²) < 4.78 is 5.39. The van der Waals surface area contributed by atoms with Crippen molar-refractivity contribution in [2.75, 3.05) is 0 Å². The summed E-state index contributed by atoms with van der Waals surface area (Å²) in [4.78, 5) is 4.56. The molecule has 3 atom stereocenters. The first kappa shape index (κ1) is 13.5. The summed E-state index contributed by atoms with van der Waals surface area (Å²) in [5.41, 5.74) is 6.04. The molecule has 4 nitrogen and oxygen atoms in total. The summed E-state index contributed by atoms with van der Waals surface area (Å²) in [7, 11) is 0. The van der Waals surface area contributed by atoms with E-state index in [1.165, 1.54) is 6.42 Å². The highest BCUT2D eigenvalue weighted by Gasteiger charge is 2.43. The van der Waals surface area contributed by atoms with E-state index >= 15 is 0 Å². The van der Waals surface area contributed by atoms with Crippen LogP contribution in [0.3, 0.4) is 0 Å². The number of hydrogen-bond acceptors (Lipinski definition) is 4. The van der Waals surface area contributed by atoms with Gasteiger partial charge >= 0.3 is 0 Å². The van der Waals surface area contributed by atoms with Gasteiger partial charge in [0.25, 0.3) is 0 Å². The number of aromatic nitrogens is 2. The van der Waals surface area contributed by atoms with Gasteiger partial charge in [-0.25, -0.2) is 0 Å². The summed E-state index contributed by atoms with van der Waals surface area (Å²) in [6.07, 6.45) is 3.33. The van der Waals surface area contributed by atoms with Gasteiger partial charge in [-0.05, 0) is 18.3 Å². The topological polar surface area (TPSA) is 64.9 Å². The van der Waals surface area contributed by atoms with E-state index in [1.54, 1.807) is 0 Å². The first-order chi connectivity index (χ1) is 8.25. The van der Waals surface area contributed by atoms with Gasteiger partial charge in [0, 0.05) is 5.41 Å². The van der Waals surface area contributed by atoms with E-state index in [1.807, 2.05) is 0 Å². The monoisotopic (exact) mass is 251 g/mol. The van der Waals surface area contributed by atoms with Gasteiger partial charge in [-0.3, -0.25) is 0 Å². The molecule has 102 valence electrons. The maximum atomic E-state index is 6.59. The van der Waals surface area contributed by atoms with Gasteiger partial charge in [0.15, 0.2) is 5.82 Å². The molecule has 1 aliphatic rings. The number of hydrogen-bond donors (Lipinski definition) is 1. The Bertz CT molecular complexity index is 421. The predicted octanol–water partition coefficient (Wildman–Crippen LogP) is 2.98. The molecule has 1 fully saturated rings. The maximum absolute atomic E-state index is 6.59. The molecule has 4 heteroatoms. The molecule has 0 saturated heterocycles. The highest BCUT2D eigenvalue weighted by Crippen LogP contribution is 2.41. The Morgan fingerprint density at radius 2 is 2.00 bits per heavy atom. The van der Waals surface area contributed by atoms with Crippen molar-refractivity contribution in [3.8, 4) is 0 Å². The first-order valence-electron chi connectivity index (χ1n) is 6.88. The summed E-state index contributed by atoms with van der Waals surface area (Å²) in [5.74, 6) is 2.36. The number of rotatable bonds is 1. The molecule has 1 aromatic rings. The molecule has 0 spiro atoms. The zero-order valence-electron chi connectivity index (χ0n) is 12.2. The Morgan fingerprint density at radius 1 is 1.33 bits per heavy atom. The van der Waals surface area contributed by atoms with Gasteiger partial charge in [0.2, 0.25) is 5.89 Å². The molecule has 0 aliphatic heterocycles. The fourth-order valence-electron chi connectivity index (χ4n) is 2.73. The van der Waals surface area contributed by atoms with Gasteiger partial charge in [0.05, 0.1) is 5.54 Å². The van der Waals surface area contributed by atoms with E-state index in [2.05, 4.69) is 44.8 Å². The lowest BCUT2D eigenvalue weighted by molar-refractivity contribution is 0.132. The minimum absolute atomic E-state index is 0.120. The highest BCUT2D eigenvalue weighted by molar-refractivity contribution is 5.11. The lowest BCUT2D eigenvalue weighted by Gasteiger charge is -2.40. The van der Waals surface area contributed by atoms with Crippen LogP contribution >= 0.6 is 0 Å².